The average Bonchev–Trinajstić information content (AvgIpc) is 2.88. The molecule has 0 spiro atoms. The van der Waals surface area contributed by atoms with Gasteiger partial charge in [0.25, 0.3) is 0 Å². The summed E-state index contributed by atoms with van der Waals surface area (Å²) < 4.78 is 18.2. The zero-order valence-electron chi connectivity index (χ0n) is 15.2. The SMILES string of the molecule is CCNC(=NCCc1c(C)noc1C)N(C)Cc1ccc(F)cc1.I. The van der Waals surface area contributed by atoms with Crippen molar-refractivity contribution in [3.8, 4) is 0 Å². The van der Waals surface area contributed by atoms with Crippen LogP contribution in [0.1, 0.15) is 29.5 Å². The number of halogens is 2. The van der Waals surface area contributed by atoms with E-state index in [0.717, 1.165) is 41.5 Å². The zero-order chi connectivity index (χ0) is 17.5. The Labute approximate surface area is 165 Å². The highest BCUT2D eigenvalue weighted by Gasteiger charge is 2.10. The molecule has 0 bridgehead atoms. The van der Waals surface area contributed by atoms with Gasteiger partial charge in [-0.3, -0.25) is 4.99 Å². The first-order chi connectivity index (χ1) is 11.5. The molecule has 0 aliphatic carbocycles. The predicted molar refractivity (Wildman–Crippen MR) is 109 cm³/mol. The van der Waals surface area contributed by atoms with Crippen molar-refractivity contribution in [2.45, 2.75) is 33.7 Å². The maximum atomic E-state index is 13.0. The third-order valence-electron chi connectivity index (χ3n) is 3.83. The van der Waals surface area contributed by atoms with Crippen LogP contribution in [0.5, 0.6) is 0 Å². The maximum Gasteiger partial charge on any atom is 0.193 e. The number of nitrogens with one attached hydrogen (secondary N) is 1. The molecule has 0 saturated heterocycles. The lowest BCUT2D eigenvalue weighted by atomic mass is 10.1. The molecular weight excluding hydrogens is 434 g/mol. The van der Waals surface area contributed by atoms with Gasteiger partial charge in [0.05, 0.1) is 5.69 Å². The number of aryl methyl sites for hydroxylation is 2. The molecule has 7 heteroatoms. The first-order valence-corrected chi connectivity index (χ1v) is 8.17. The Bertz CT molecular complexity index is 665. The summed E-state index contributed by atoms with van der Waals surface area (Å²) in [5, 5.41) is 7.25. The van der Waals surface area contributed by atoms with Crippen molar-refractivity contribution < 1.29 is 8.91 Å². The second-order valence-corrected chi connectivity index (χ2v) is 5.77. The van der Waals surface area contributed by atoms with E-state index in [-0.39, 0.29) is 29.8 Å². The van der Waals surface area contributed by atoms with Gasteiger partial charge in [-0.15, -0.1) is 24.0 Å². The molecule has 0 radical (unpaired) electrons. The van der Waals surface area contributed by atoms with E-state index in [2.05, 4.69) is 15.5 Å². The standard InChI is InChI=1S/C18H25FN4O.HI/c1-5-20-18(21-11-10-17-13(2)22-24-14(17)3)23(4)12-15-6-8-16(19)9-7-15;/h6-9H,5,10-12H2,1-4H3,(H,20,21);1H. The van der Waals surface area contributed by atoms with Gasteiger partial charge in [-0.25, -0.2) is 4.39 Å². The van der Waals surface area contributed by atoms with Crippen LogP contribution in [-0.2, 0) is 13.0 Å². The van der Waals surface area contributed by atoms with Gasteiger partial charge in [0.1, 0.15) is 11.6 Å². The molecule has 1 N–H and O–H groups in total. The molecule has 0 unspecified atom stereocenters. The molecule has 2 rings (SSSR count). The summed E-state index contributed by atoms with van der Waals surface area (Å²) in [6.45, 7) is 8.01. The van der Waals surface area contributed by atoms with E-state index < -0.39 is 0 Å². The normalized spacial score (nSPS) is 11.2. The van der Waals surface area contributed by atoms with Gasteiger partial charge < -0.3 is 14.7 Å². The highest BCUT2D eigenvalue weighted by atomic mass is 127. The molecule has 1 aromatic carbocycles. The quantitative estimate of drug-likeness (QED) is 0.406. The highest BCUT2D eigenvalue weighted by Crippen LogP contribution is 2.13. The van der Waals surface area contributed by atoms with Crippen molar-refractivity contribution >= 4 is 29.9 Å². The number of hydrogen-bond acceptors (Lipinski definition) is 3. The number of rotatable bonds is 6. The summed E-state index contributed by atoms with van der Waals surface area (Å²) in [5.74, 6) is 1.46. The summed E-state index contributed by atoms with van der Waals surface area (Å²) in [6.07, 6.45) is 0.792. The fourth-order valence-corrected chi connectivity index (χ4v) is 2.54. The van der Waals surface area contributed by atoms with E-state index in [0.29, 0.717) is 13.1 Å². The molecule has 1 aromatic heterocycles. The lowest BCUT2D eigenvalue weighted by molar-refractivity contribution is 0.392. The van der Waals surface area contributed by atoms with Crippen molar-refractivity contribution in [2.75, 3.05) is 20.1 Å². The van der Waals surface area contributed by atoms with Gasteiger partial charge in [0.2, 0.25) is 0 Å². The van der Waals surface area contributed by atoms with Crippen LogP contribution < -0.4 is 5.32 Å². The van der Waals surface area contributed by atoms with E-state index in [9.17, 15) is 4.39 Å². The summed E-state index contributed by atoms with van der Waals surface area (Å²) in [7, 11) is 1.97. The van der Waals surface area contributed by atoms with Crippen LogP contribution in [0.2, 0.25) is 0 Å². The third kappa shape index (κ3) is 6.30. The second-order valence-electron chi connectivity index (χ2n) is 5.77. The smallest absolute Gasteiger partial charge is 0.193 e. The number of aromatic nitrogens is 1. The minimum atomic E-state index is -0.221. The fraction of sp³-hybridized carbons (Fsp3) is 0.444. The van der Waals surface area contributed by atoms with Crippen molar-refractivity contribution in [2.24, 2.45) is 4.99 Å². The summed E-state index contributed by atoms with van der Waals surface area (Å²) in [4.78, 5) is 6.70. The van der Waals surface area contributed by atoms with Gasteiger partial charge in [0, 0.05) is 32.2 Å². The predicted octanol–water partition coefficient (Wildman–Crippen LogP) is 3.69. The molecule has 0 aliphatic heterocycles. The minimum absolute atomic E-state index is 0. The molecule has 0 atom stereocenters. The summed E-state index contributed by atoms with van der Waals surface area (Å²) >= 11 is 0. The first kappa shape index (κ1) is 21.4. The van der Waals surface area contributed by atoms with E-state index >= 15 is 0 Å². The Hall–Kier alpha value is -1.64. The molecular formula is C18H26FIN4O. The number of guanidine groups is 1. The number of benzene rings is 1. The Morgan fingerprint density at radius 1 is 1.28 bits per heavy atom. The van der Waals surface area contributed by atoms with E-state index in [1.165, 1.54) is 12.1 Å². The van der Waals surface area contributed by atoms with Gasteiger partial charge >= 0.3 is 0 Å². The van der Waals surface area contributed by atoms with Crippen molar-refractivity contribution in [1.29, 1.82) is 0 Å². The lowest BCUT2D eigenvalue weighted by Gasteiger charge is -2.22. The summed E-state index contributed by atoms with van der Waals surface area (Å²) in [6, 6.07) is 6.54. The van der Waals surface area contributed by atoms with Crippen molar-refractivity contribution in [1.82, 2.24) is 15.4 Å². The monoisotopic (exact) mass is 460 g/mol. The molecule has 5 nitrogen and oxygen atoms in total. The summed E-state index contributed by atoms with van der Waals surface area (Å²) in [5.41, 5.74) is 3.08. The fourth-order valence-electron chi connectivity index (χ4n) is 2.54. The molecule has 0 saturated carbocycles. The van der Waals surface area contributed by atoms with E-state index in [1.807, 2.05) is 32.7 Å². The Morgan fingerprint density at radius 2 is 1.96 bits per heavy atom. The van der Waals surface area contributed by atoms with Crippen LogP contribution in [0.4, 0.5) is 4.39 Å². The highest BCUT2D eigenvalue weighted by molar-refractivity contribution is 14.0. The van der Waals surface area contributed by atoms with Gasteiger partial charge in [0.15, 0.2) is 5.96 Å². The van der Waals surface area contributed by atoms with E-state index in [1.54, 1.807) is 12.1 Å². The number of aliphatic imine (C=N–C) groups is 1. The largest absolute Gasteiger partial charge is 0.361 e. The topological polar surface area (TPSA) is 53.7 Å². The maximum absolute atomic E-state index is 13.0. The Balaban J connectivity index is 0.00000312. The van der Waals surface area contributed by atoms with Crippen LogP contribution in [0.25, 0.3) is 0 Å². The molecule has 0 aliphatic rings. The zero-order valence-corrected chi connectivity index (χ0v) is 17.5. The van der Waals surface area contributed by atoms with Crippen molar-refractivity contribution in [3.63, 3.8) is 0 Å². The van der Waals surface area contributed by atoms with Gasteiger partial charge in [-0.05, 0) is 44.9 Å². The van der Waals surface area contributed by atoms with Crippen LogP contribution in [0, 0.1) is 19.7 Å². The van der Waals surface area contributed by atoms with Crippen LogP contribution in [-0.4, -0.2) is 36.2 Å². The number of nitrogens with zero attached hydrogens (tertiary/aromatic N) is 3. The van der Waals surface area contributed by atoms with Gasteiger partial charge in [-0.1, -0.05) is 17.3 Å². The Morgan fingerprint density at radius 3 is 2.52 bits per heavy atom. The van der Waals surface area contributed by atoms with Crippen LogP contribution >= 0.6 is 24.0 Å². The van der Waals surface area contributed by atoms with Gasteiger partial charge in [-0.2, -0.15) is 0 Å². The molecule has 1 heterocycles. The average molecular weight is 460 g/mol. The first-order valence-electron chi connectivity index (χ1n) is 8.17. The third-order valence-corrected chi connectivity index (χ3v) is 3.83. The molecule has 2 aromatic rings. The van der Waals surface area contributed by atoms with Crippen LogP contribution in [0.3, 0.4) is 0 Å². The van der Waals surface area contributed by atoms with Crippen molar-refractivity contribution in [3.05, 3.63) is 52.7 Å². The second kappa shape index (κ2) is 10.4. The minimum Gasteiger partial charge on any atom is -0.361 e. The Kier molecular flexibility index (Phi) is 8.88. The molecule has 138 valence electrons. The molecule has 25 heavy (non-hydrogen) atoms. The molecule has 0 amide bonds. The number of hydrogen-bond donors (Lipinski definition) is 1. The van der Waals surface area contributed by atoms with Crippen LogP contribution in [0.15, 0.2) is 33.8 Å². The molecule has 0 fully saturated rings. The van der Waals surface area contributed by atoms with E-state index in [4.69, 9.17) is 4.52 Å². The lowest BCUT2D eigenvalue weighted by Crippen LogP contribution is -2.38.